The van der Waals surface area contributed by atoms with Gasteiger partial charge in [0.1, 0.15) is 11.8 Å². The van der Waals surface area contributed by atoms with Gasteiger partial charge in [0.25, 0.3) is 0 Å². The summed E-state index contributed by atoms with van der Waals surface area (Å²) in [5, 5.41) is 0. The van der Waals surface area contributed by atoms with Gasteiger partial charge in [-0.3, -0.25) is 9.74 Å². The molecule has 0 aliphatic carbocycles. The minimum atomic E-state index is -0.572. The third kappa shape index (κ3) is 5.86. The van der Waals surface area contributed by atoms with E-state index >= 15 is 0 Å². The Morgan fingerprint density at radius 2 is 1.94 bits per heavy atom. The van der Waals surface area contributed by atoms with Crippen molar-refractivity contribution in [2.75, 3.05) is 26.3 Å². The van der Waals surface area contributed by atoms with Crippen molar-refractivity contribution in [3.05, 3.63) is 0 Å². The van der Waals surface area contributed by atoms with Crippen LogP contribution in [0.4, 0.5) is 4.79 Å². The van der Waals surface area contributed by atoms with E-state index in [9.17, 15) is 4.79 Å². The van der Waals surface area contributed by atoms with Crippen molar-refractivity contribution >= 4 is 6.09 Å². The molecule has 0 saturated carbocycles. The minimum Gasteiger partial charge on any atom is -0.442 e. The van der Waals surface area contributed by atoms with Crippen LogP contribution < -0.4 is 5.48 Å². The number of nitrogens with zero attached hydrogens (tertiary/aromatic N) is 1. The van der Waals surface area contributed by atoms with E-state index in [0.717, 1.165) is 13.1 Å². The second-order valence-electron chi connectivity index (χ2n) is 4.97. The number of morpholine rings is 1. The van der Waals surface area contributed by atoms with Gasteiger partial charge in [-0.2, -0.15) is 5.48 Å². The Morgan fingerprint density at radius 3 is 2.47 bits per heavy atom. The van der Waals surface area contributed by atoms with Crippen LogP contribution in [0.1, 0.15) is 27.7 Å². The average molecular weight is 246 g/mol. The molecule has 1 heterocycles. The lowest BCUT2D eigenvalue weighted by molar-refractivity contribution is -0.122. The van der Waals surface area contributed by atoms with Crippen LogP contribution in [-0.4, -0.2) is 49.1 Å². The van der Waals surface area contributed by atoms with Gasteiger partial charge in [0.15, 0.2) is 0 Å². The maximum atomic E-state index is 11.3. The van der Waals surface area contributed by atoms with Crippen LogP contribution in [0.2, 0.25) is 0 Å². The van der Waals surface area contributed by atoms with Crippen LogP contribution in [0, 0.1) is 0 Å². The highest BCUT2D eigenvalue weighted by atomic mass is 16.7. The van der Waals surface area contributed by atoms with Gasteiger partial charge in [-0.1, -0.05) is 0 Å². The van der Waals surface area contributed by atoms with Gasteiger partial charge in [0, 0.05) is 13.1 Å². The van der Waals surface area contributed by atoms with Crippen molar-refractivity contribution < 1.29 is 19.1 Å². The van der Waals surface area contributed by atoms with Crippen LogP contribution in [-0.2, 0) is 14.3 Å². The van der Waals surface area contributed by atoms with E-state index in [-0.39, 0.29) is 6.23 Å². The number of rotatable bonds is 3. The number of hydroxylamine groups is 1. The van der Waals surface area contributed by atoms with Gasteiger partial charge in [0.2, 0.25) is 0 Å². The molecule has 0 aromatic carbocycles. The van der Waals surface area contributed by atoms with Crippen molar-refractivity contribution in [1.82, 2.24) is 10.4 Å². The van der Waals surface area contributed by atoms with E-state index < -0.39 is 11.7 Å². The predicted molar refractivity (Wildman–Crippen MR) is 62.3 cm³/mol. The zero-order valence-electron chi connectivity index (χ0n) is 11.0. The lowest BCUT2D eigenvalue weighted by Crippen LogP contribution is -2.46. The third-order valence-electron chi connectivity index (χ3n) is 2.27. The van der Waals surface area contributed by atoms with Crippen molar-refractivity contribution in [2.24, 2.45) is 0 Å². The standard InChI is InChI=1S/C11H22N2O4/c1-9(13-5-7-15-8-6-13)17-12-10(14)16-11(2,3)4/h9H,5-8H2,1-4H3,(H,12,14). The fourth-order valence-electron chi connectivity index (χ4n) is 1.45. The Bertz CT molecular complexity index is 246. The Hall–Kier alpha value is -0.850. The fraction of sp³-hybridized carbons (Fsp3) is 0.909. The first-order valence-corrected chi connectivity index (χ1v) is 5.85. The number of hydrogen-bond donors (Lipinski definition) is 1. The summed E-state index contributed by atoms with van der Waals surface area (Å²) in [6.45, 7) is 10.3. The Balaban J connectivity index is 2.22. The van der Waals surface area contributed by atoms with Crippen molar-refractivity contribution in [1.29, 1.82) is 0 Å². The lowest BCUT2D eigenvalue weighted by atomic mass is 10.2. The van der Waals surface area contributed by atoms with Gasteiger partial charge in [-0.05, 0) is 27.7 Å². The molecule has 1 saturated heterocycles. The summed E-state index contributed by atoms with van der Waals surface area (Å²) in [4.78, 5) is 18.7. The minimum absolute atomic E-state index is 0.189. The Labute approximate surface area is 102 Å². The van der Waals surface area contributed by atoms with E-state index in [4.69, 9.17) is 14.3 Å². The summed E-state index contributed by atoms with van der Waals surface area (Å²) < 4.78 is 10.3. The van der Waals surface area contributed by atoms with Crippen LogP contribution in [0.25, 0.3) is 0 Å². The summed E-state index contributed by atoms with van der Waals surface area (Å²) in [6, 6.07) is 0. The van der Waals surface area contributed by atoms with Gasteiger partial charge < -0.3 is 9.47 Å². The lowest BCUT2D eigenvalue weighted by Gasteiger charge is -2.31. The van der Waals surface area contributed by atoms with E-state index in [1.54, 1.807) is 20.8 Å². The smallest absolute Gasteiger partial charge is 0.431 e. The first kappa shape index (κ1) is 14.2. The summed E-state index contributed by atoms with van der Waals surface area (Å²) in [6.07, 6.45) is -0.760. The maximum absolute atomic E-state index is 11.3. The van der Waals surface area contributed by atoms with Gasteiger partial charge >= 0.3 is 6.09 Å². The van der Waals surface area contributed by atoms with Crippen molar-refractivity contribution in [3.63, 3.8) is 0 Å². The number of hydrogen-bond acceptors (Lipinski definition) is 5. The van der Waals surface area contributed by atoms with E-state index in [2.05, 4.69) is 10.4 Å². The molecule has 6 heteroatoms. The van der Waals surface area contributed by atoms with Crippen molar-refractivity contribution in [2.45, 2.75) is 39.5 Å². The monoisotopic (exact) mass is 246 g/mol. The molecule has 0 aromatic heterocycles. The molecule has 6 nitrogen and oxygen atoms in total. The van der Waals surface area contributed by atoms with Gasteiger partial charge in [-0.25, -0.2) is 4.79 Å². The highest BCUT2D eigenvalue weighted by Gasteiger charge is 2.20. The molecule has 0 spiro atoms. The molecule has 100 valence electrons. The SMILES string of the molecule is CC(ONC(=O)OC(C)(C)C)N1CCOCC1. The molecule has 1 aliphatic heterocycles. The summed E-state index contributed by atoms with van der Waals surface area (Å²) in [7, 11) is 0. The van der Waals surface area contributed by atoms with Crippen molar-refractivity contribution in [3.8, 4) is 0 Å². The molecule has 1 N–H and O–H groups in total. The first-order chi connectivity index (χ1) is 7.88. The number of nitrogens with one attached hydrogen (secondary N) is 1. The first-order valence-electron chi connectivity index (χ1n) is 5.85. The number of carbonyl (C=O) groups is 1. The maximum Gasteiger partial charge on any atom is 0.431 e. The van der Waals surface area contributed by atoms with Crippen LogP contribution in [0.5, 0.6) is 0 Å². The van der Waals surface area contributed by atoms with Crippen LogP contribution in [0.3, 0.4) is 0 Å². The number of amides is 1. The molecule has 1 aliphatic rings. The summed E-state index contributed by atoms with van der Waals surface area (Å²) >= 11 is 0. The van der Waals surface area contributed by atoms with Crippen LogP contribution in [0.15, 0.2) is 0 Å². The molecule has 0 bridgehead atoms. The average Bonchev–Trinajstić information content (AvgIpc) is 2.25. The highest BCUT2D eigenvalue weighted by Crippen LogP contribution is 2.07. The molecule has 0 aromatic rings. The number of carbonyl (C=O) groups excluding carboxylic acids is 1. The van der Waals surface area contributed by atoms with Gasteiger partial charge in [-0.15, -0.1) is 0 Å². The Kier molecular flexibility index (Phi) is 5.17. The molecule has 0 radical (unpaired) electrons. The molecular weight excluding hydrogens is 224 g/mol. The molecule has 1 unspecified atom stereocenters. The highest BCUT2D eigenvalue weighted by molar-refractivity contribution is 5.66. The molecule has 1 amide bonds. The van der Waals surface area contributed by atoms with E-state index in [0.29, 0.717) is 13.2 Å². The predicted octanol–water partition coefficient (Wildman–Crippen LogP) is 1.12. The molecule has 17 heavy (non-hydrogen) atoms. The fourth-order valence-corrected chi connectivity index (χ4v) is 1.45. The topological polar surface area (TPSA) is 60.0 Å². The largest absolute Gasteiger partial charge is 0.442 e. The quantitative estimate of drug-likeness (QED) is 0.756. The summed E-state index contributed by atoms with van der Waals surface area (Å²) in [5.41, 5.74) is 1.77. The molecule has 1 atom stereocenters. The summed E-state index contributed by atoms with van der Waals surface area (Å²) in [5.74, 6) is 0. The normalized spacial score (nSPS) is 19.8. The van der Waals surface area contributed by atoms with Crippen LogP contribution >= 0.6 is 0 Å². The zero-order chi connectivity index (χ0) is 12.9. The zero-order valence-corrected chi connectivity index (χ0v) is 11.0. The van der Waals surface area contributed by atoms with E-state index in [1.807, 2.05) is 6.92 Å². The van der Waals surface area contributed by atoms with Gasteiger partial charge in [0.05, 0.1) is 13.2 Å². The molecule has 1 rings (SSSR count). The number of ether oxygens (including phenoxy) is 2. The third-order valence-corrected chi connectivity index (χ3v) is 2.27. The van der Waals surface area contributed by atoms with E-state index in [1.165, 1.54) is 0 Å². The molecular formula is C11H22N2O4. The second kappa shape index (κ2) is 6.18. The Morgan fingerprint density at radius 1 is 1.35 bits per heavy atom. The second-order valence-corrected chi connectivity index (χ2v) is 4.97. The molecule has 1 fully saturated rings.